The van der Waals surface area contributed by atoms with Gasteiger partial charge in [-0.1, -0.05) is 60.7 Å². The van der Waals surface area contributed by atoms with E-state index in [4.69, 9.17) is 9.47 Å². The number of hydrogen-bond donors (Lipinski definition) is 0. The summed E-state index contributed by atoms with van der Waals surface area (Å²) >= 11 is 0. The molecule has 5 heteroatoms. The Kier molecular flexibility index (Phi) is 5.36. The number of esters is 1. The molecular formula is C20H18N2O3. The third-order valence-electron chi connectivity index (χ3n) is 3.47. The first kappa shape index (κ1) is 16.6. The maximum atomic E-state index is 11.5. The first-order valence-electron chi connectivity index (χ1n) is 8.04. The van der Waals surface area contributed by atoms with E-state index in [1.807, 2.05) is 66.7 Å². The van der Waals surface area contributed by atoms with Gasteiger partial charge in [0.25, 0.3) is 0 Å². The first-order valence-corrected chi connectivity index (χ1v) is 8.04. The van der Waals surface area contributed by atoms with Gasteiger partial charge in [0.05, 0.1) is 18.0 Å². The highest BCUT2D eigenvalue weighted by molar-refractivity contribution is 5.71. The van der Waals surface area contributed by atoms with E-state index in [0.717, 1.165) is 22.5 Å². The average molecular weight is 334 g/mol. The highest BCUT2D eigenvalue weighted by Crippen LogP contribution is 2.25. The number of carbonyl (C=O) groups excluding carboxylic acids is 1. The average Bonchev–Trinajstić information content (AvgIpc) is 2.68. The Morgan fingerprint density at radius 1 is 0.880 bits per heavy atom. The van der Waals surface area contributed by atoms with Crippen molar-refractivity contribution in [2.24, 2.45) is 0 Å². The molecule has 5 nitrogen and oxygen atoms in total. The standard InChI is InChI=1S/C20H18N2O3/c1-2-24-19(23)14-25-20-21-17(15-9-5-3-6-10-15)13-18(22-20)16-11-7-4-8-12-16/h3-13H,2,14H2,1H3. The third-order valence-corrected chi connectivity index (χ3v) is 3.47. The third kappa shape index (κ3) is 4.41. The van der Waals surface area contributed by atoms with Gasteiger partial charge in [0, 0.05) is 11.1 Å². The minimum Gasteiger partial charge on any atom is -0.463 e. The quantitative estimate of drug-likeness (QED) is 0.643. The zero-order valence-corrected chi connectivity index (χ0v) is 13.9. The van der Waals surface area contributed by atoms with Gasteiger partial charge >= 0.3 is 12.0 Å². The second-order valence-electron chi connectivity index (χ2n) is 5.25. The summed E-state index contributed by atoms with van der Waals surface area (Å²) < 4.78 is 10.3. The minimum atomic E-state index is -0.447. The van der Waals surface area contributed by atoms with E-state index in [0.29, 0.717) is 6.61 Å². The summed E-state index contributed by atoms with van der Waals surface area (Å²) in [5.74, 6) is -0.447. The lowest BCUT2D eigenvalue weighted by atomic mass is 10.1. The van der Waals surface area contributed by atoms with E-state index >= 15 is 0 Å². The van der Waals surface area contributed by atoms with Crippen LogP contribution in [0.1, 0.15) is 6.92 Å². The molecule has 0 N–H and O–H groups in total. The summed E-state index contributed by atoms with van der Waals surface area (Å²) in [5.41, 5.74) is 3.35. The summed E-state index contributed by atoms with van der Waals surface area (Å²) in [7, 11) is 0. The van der Waals surface area contributed by atoms with Gasteiger partial charge in [0.15, 0.2) is 6.61 Å². The zero-order chi connectivity index (χ0) is 17.5. The molecule has 0 spiro atoms. The molecule has 0 aliphatic heterocycles. The van der Waals surface area contributed by atoms with Crippen molar-refractivity contribution in [2.75, 3.05) is 13.2 Å². The maximum absolute atomic E-state index is 11.5. The van der Waals surface area contributed by atoms with Crippen LogP contribution in [-0.4, -0.2) is 29.2 Å². The number of ether oxygens (including phenoxy) is 2. The maximum Gasteiger partial charge on any atom is 0.344 e. The Hall–Kier alpha value is -3.21. The van der Waals surface area contributed by atoms with Crippen molar-refractivity contribution in [2.45, 2.75) is 6.92 Å². The molecule has 0 radical (unpaired) electrons. The van der Waals surface area contributed by atoms with Crippen molar-refractivity contribution in [1.82, 2.24) is 9.97 Å². The van der Waals surface area contributed by atoms with Crippen LogP contribution in [0.15, 0.2) is 66.7 Å². The molecule has 0 bridgehead atoms. The van der Waals surface area contributed by atoms with E-state index in [1.54, 1.807) is 6.92 Å². The number of benzene rings is 2. The van der Waals surface area contributed by atoms with Crippen LogP contribution in [0.5, 0.6) is 6.01 Å². The van der Waals surface area contributed by atoms with Gasteiger partial charge in [-0.15, -0.1) is 0 Å². The summed E-state index contributed by atoms with van der Waals surface area (Å²) in [5, 5.41) is 0. The first-order chi connectivity index (χ1) is 12.3. The van der Waals surface area contributed by atoms with Crippen LogP contribution in [0.4, 0.5) is 0 Å². The Morgan fingerprint density at radius 3 is 1.88 bits per heavy atom. The predicted molar refractivity (Wildman–Crippen MR) is 95.0 cm³/mol. The normalized spacial score (nSPS) is 10.3. The molecule has 0 saturated carbocycles. The van der Waals surface area contributed by atoms with Crippen LogP contribution >= 0.6 is 0 Å². The Bertz CT molecular complexity index is 778. The molecular weight excluding hydrogens is 316 g/mol. The molecule has 0 unspecified atom stereocenters. The summed E-state index contributed by atoms with van der Waals surface area (Å²) in [6.45, 7) is 1.83. The summed E-state index contributed by atoms with van der Waals surface area (Å²) in [4.78, 5) is 20.4. The summed E-state index contributed by atoms with van der Waals surface area (Å²) in [6, 6.07) is 21.6. The van der Waals surface area contributed by atoms with Crippen LogP contribution in [-0.2, 0) is 9.53 Å². The van der Waals surface area contributed by atoms with Crippen molar-refractivity contribution >= 4 is 5.97 Å². The number of nitrogens with zero attached hydrogens (tertiary/aromatic N) is 2. The van der Waals surface area contributed by atoms with Crippen molar-refractivity contribution in [1.29, 1.82) is 0 Å². The van der Waals surface area contributed by atoms with Crippen molar-refractivity contribution in [3.8, 4) is 28.5 Å². The van der Waals surface area contributed by atoms with Crippen LogP contribution in [0.3, 0.4) is 0 Å². The molecule has 2 aromatic carbocycles. The summed E-state index contributed by atoms with van der Waals surface area (Å²) in [6.07, 6.45) is 0. The highest BCUT2D eigenvalue weighted by atomic mass is 16.6. The fourth-order valence-corrected chi connectivity index (χ4v) is 2.33. The molecule has 126 valence electrons. The van der Waals surface area contributed by atoms with Gasteiger partial charge in [-0.05, 0) is 13.0 Å². The molecule has 0 saturated heterocycles. The molecule has 1 aromatic heterocycles. The molecule has 0 aliphatic rings. The van der Waals surface area contributed by atoms with Gasteiger partial charge < -0.3 is 9.47 Å². The monoisotopic (exact) mass is 334 g/mol. The lowest BCUT2D eigenvalue weighted by Crippen LogP contribution is -2.16. The molecule has 0 atom stereocenters. The number of carbonyl (C=O) groups is 1. The fraction of sp³-hybridized carbons (Fsp3) is 0.150. The minimum absolute atomic E-state index is 0.147. The smallest absolute Gasteiger partial charge is 0.344 e. The zero-order valence-electron chi connectivity index (χ0n) is 13.9. The van der Waals surface area contributed by atoms with Crippen molar-refractivity contribution in [3.05, 3.63) is 66.7 Å². The molecule has 3 rings (SSSR count). The van der Waals surface area contributed by atoms with E-state index < -0.39 is 5.97 Å². The van der Waals surface area contributed by atoms with Crippen molar-refractivity contribution < 1.29 is 14.3 Å². The van der Waals surface area contributed by atoms with E-state index in [-0.39, 0.29) is 12.6 Å². The largest absolute Gasteiger partial charge is 0.463 e. The molecule has 0 fully saturated rings. The van der Waals surface area contributed by atoms with Gasteiger partial charge in [0.1, 0.15) is 0 Å². The van der Waals surface area contributed by atoms with Gasteiger partial charge in [-0.2, -0.15) is 9.97 Å². The second kappa shape index (κ2) is 8.06. The van der Waals surface area contributed by atoms with E-state index in [2.05, 4.69) is 9.97 Å². The number of rotatable bonds is 6. The number of aromatic nitrogens is 2. The Labute approximate surface area is 146 Å². The van der Waals surface area contributed by atoms with Crippen LogP contribution in [0.25, 0.3) is 22.5 Å². The SMILES string of the molecule is CCOC(=O)COc1nc(-c2ccccc2)cc(-c2ccccc2)n1. The predicted octanol–water partition coefficient (Wildman–Crippen LogP) is 3.75. The van der Waals surface area contributed by atoms with Gasteiger partial charge in [-0.3, -0.25) is 0 Å². The van der Waals surface area contributed by atoms with Gasteiger partial charge in [-0.25, -0.2) is 4.79 Å². The Balaban J connectivity index is 1.95. The second-order valence-corrected chi connectivity index (χ2v) is 5.25. The van der Waals surface area contributed by atoms with E-state index in [1.165, 1.54) is 0 Å². The van der Waals surface area contributed by atoms with Crippen LogP contribution < -0.4 is 4.74 Å². The Morgan fingerprint density at radius 2 is 1.40 bits per heavy atom. The molecule has 1 heterocycles. The molecule has 0 amide bonds. The van der Waals surface area contributed by atoms with Crippen LogP contribution in [0, 0.1) is 0 Å². The highest BCUT2D eigenvalue weighted by Gasteiger charge is 2.11. The number of hydrogen-bond acceptors (Lipinski definition) is 5. The molecule has 25 heavy (non-hydrogen) atoms. The van der Waals surface area contributed by atoms with Crippen LogP contribution in [0.2, 0.25) is 0 Å². The lowest BCUT2D eigenvalue weighted by molar-refractivity contribution is -0.145. The molecule has 0 aliphatic carbocycles. The lowest BCUT2D eigenvalue weighted by Gasteiger charge is -2.09. The van der Waals surface area contributed by atoms with Crippen molar-refractivity contribution in [3.63, 3.8) is 0 Å². The topological polar surface area (TPSA) is 61.3 Å². The molecule has 3 aromatic rings. The van der Waals surface area contributed by atoms with Gasteiger partial charge in [0.2, 0.25) is 0 Å². The fourth-order valence-electron chi connectivity index (χ4n) is 2.33. The van der Waals surface area contributed by atoms with E-state index in [9.17, 15) is 4.79 Å².